The average Bonchev–Trinajstić information content (AvgIpc) is 1.63. The second-order valence-corrected chi connectivity index (χ2v) is 1.86. The van der Waals surface area contributed by atoms with Crippen molar-refractivity contribution in [3.8, 4) is 0 Å². The smallest absolute Gasteiger partial charge is 0.228 e. The maximum atomic E-state index is 10.0. The number of carbonyl (C=O) groups excluding carboxylic acids is 1. The molecule has 0 aromatic rings. The van der Waals surface area contributed by atoms with E-state index >= 15 is 0 Å². The third-order valence-electron chi connectivity index (χ3n) is 0.517. The first-order valence-corrected chi connectivity index (χ1v) is 2.99. The van der Waals surface area contributed by atoms with Gasteiger partial charge in [0.25, 0.3) is 0 Å². The van der Waals surface area contributed by atoms with Gasteiger partial charge in [-0.1, -0.05) is 0 Å². The molecular formula is C3H5O5S-. The molecule has 0 saturated heterocycles. The highest BCUT2D eigenvalue weighted by Gasteiger charge is 2.08. The van der Waals surface area contributed by atoms with E-state index in [1.165, 1.54) is 0 Å². The molecule has 0 aliphatic carbocycles. The molecular weight excluding hydrogens is 148 g/mol. The zero-order valence-electron chi connectivity index (χ0n) is 4.57. The molecule has 0 aliphatic heterocycles. The molecule has 54 valence electrons. The molecule has 1 N–H and O–H groups in total. The van der Waals surface area contributed by atoms with Gasteiger partial charge in [-0.3, -0.25) is 8.98 Å². The number of aliphatic hydroxyl groups excluding tert-OH is 1. The molecule has 0 aromatic heterocycles. The highest BCUT2D eigenvalue weighted by atomic mass is 32.2. The minimum absolute atomic E-state index is 0.751. The Morgan fingerprint density at radius 3 is 2.44 bits per heavy atom. The third-order valence-corrected chi connectivity index (χ3v) is 0.857. The highest BCUT2D eigenvalue weighted by Crippen LogP contribution is 1.89. The SMILES string of the molecule is CC(=O)C(O)OS(=O)[O-]. The molecule has 0 radical (unpaired) electrons. The van der Waals surface area contributed by atoms with Crippen LogP contribution in [-0.4, -0.2) is 25.9 Å². The summed E-state index contributed by atoms with van der Waals surface area (Å²) in [4.78, 5) is 10.0. The maximum absolute atomic E-state index is 10.0. The summed E-state index contributed by atoms with van der Waals surface area (Å²) in [6.07, 6.45) is -1.86. The van der Waals surface area contributed by atoms with Gasteiger partial charge in [0.2, 0.25) is 6.29 Å². The summed E-state index contributed by atoms with van der Waals surface area (Å²) in [7, 11) is 0. The number of Topliss-reactive ketones (excluding diaryl/α,β-unsaturated/α-hetero) is 1. The fourth-order valence-corrected chi connectivity index (χ4v) is 0.427. The van der Waals surface area contributed by atoms with E-state index in [2.05, 4.69) is 4.18 Å². The molecule has 6 heteroatoms. The lowest BCUT2D eigenvalue weighted by atomic mass is 10.4. The molecule has 0 fully saturated rings. The topological polar surface area (TPSA) is 86.7 Å². The van der Waals surface area contributed by atoms with E-state index in [4.69, 9.17) is 5.11 Å². The summed E-state index contributed by atoms with van der Waals surface area (Å²) in [5.41, 5.74) is 0. The van der Waals surface area contributed by atoms with E-state index < -0.39 is 23.4 Å². The van der Waals surface area contributed by atoms with Crippen LogP contribution in [0.4, 0.5) is 0 Å². The minimum atomic E-state index is -2.84. The van der Waals surface area contributed by atoms with Crippen LogP contribution in [0, 0.1) is 0 Å². The Morgan fingerprint density at radius 1 is 1.89 bits per heavy atom. The number of carbonyl (C=O) groups is 1. The van der Waals surface area contributed by atoms with Gasteiger partial charge in [0.15, 0.2) is 5.78 Å². The molecule has 0 heterocycles. The van der Waals surface area contributed by atoms with Crippen LogP contribution in [0.3, 0.4) is 0 Å². The van der Waals surface area contributed by atoms with Crippen molar-refractivity contribution in [3.63, 3.8) is 0 Å². The second kappa shape index (κ2) is 3.67. The molecule has 0 spiro atoms. The number of aliphatic hydroxyl groups is 1. The van der Waals surface area contributed by atoms with Crippen LogP contribution >= 0.6 is 0 Å². The van der Waals surface area contributed by atoms with Crippen LogP contribution in [0.2, 0.25) is 0 Å². The lowest BCUT2D eigenvalue weighted by molar-refractivity contribution is -0.138. The van der Waals surface area contributed by atoms with Gasteiger partial charge >= 0.3 is 0 Å². The monoisotopic (exact) mass is 153 g/mol. The molecule has 2 unspecified atom stereocenters. The van der Waals surface area contributed by atoms with Gasteiger partial charge in [0, 0.05) is 0 Å². The molecule has 0 saturated carbocycles. The summed E-state index contributed by atoms with van der Waals surface area (Å²) >= 11 is -2.84. The predicted octanol–water partition coefficient (Wildman–Crippen LogP) is -1.30. The second-order valence-electron chi connectivity index (χ2n) is 1.26. The van der Waals surface area contributed by atoms with E-state index in [0.29, 0.717) is 0 Å². The van der Waals surface area contributed by atoms with Crippen molar-refractivity contribution in [3.05, 3.63) is 0 Å². The first kappa shape index (κ1) is 8.70. The Balaban J connectivity index is 3.63. The maximum Gasteiger partial charge on any atom is 0.228 e. The normalized spacial score (nSPS) is 16.8. The van der Waals surface area contributed by atoms with E-state index in [-0.39, 0.29) is 0 Å². The molecule has 2 atom stereocenters. The van der Waals surface area contributed by atoms with Gasteiger partial charge in [-0.05, 0) is 6.92 Å². The molecule has 0 bridgehead atoms. The average molecular weight is 153 g/mol. The summed E-state index contributed by atoms with van der Waals surface area (Å²) in [5.74, 6) is -0.751. The first-order valence-electron chi connectivity index (χ1n) is 1.99. The molecule has 9 heavy (non-hydrogen) atoms. The minimum Gasteiger partial charge on any atom is -0.750 e. The number of hydrogen-bond acceptors (Lipinski definition) is 5. The van der Waals surface area contributed by atoms with Gasteiger partial charge in [-0.25, -0.2) is 4.21 Å². The van der Waals surface area contributed by atoms with Gasteiger partial charge in [-0.2, -0.15) is 0 Å². The van der Waals surface area contributed by atoms with Crippen molar-refractivity contribution < 1.29 is 22.8 Å². The zero-order chi connectivity index (χ0) is 7.44. The zero-order valence-corrected chi connectivity index (χ0v) is 5.38. The Hall–Kier alpha value is -0.300. The van der Waals surface area contributed by atoms with Crippen molar-refractivity contribution >= 4 is 17.1 Å². The Bertz CT molecular complexity index is 132. The summed E-state index contributed by atoms with van der Waals surface area (Å²) < 4.78 is 22.8. The molecule has 0 aliphatic rings. The first-order chi connectivity index (χ1) is 4.04. The van der Waals surface area contributed by atoms with Gasteiger partial charge < -0.3 is 9.66 Å². The summed E-state index contributed by atoms with van der Waals surface area (Å²) in [6.45, 7) is 1.01. The van der Waals surface area contributed by atoms with Gasteiger partial charge in [-0.15, -0.1) is 0 Å². The van der Waals surface area contributed by atoms with Gasteiger partial charge in [0.1, 0.15) is 0 Å². The van der Waals surface area contributed by atoms with Crippen molar-refractivity contribution in [2.75, 3.05) is 0 Å². The lowest BCUT2D eigenvalue weighted by Crippen LogP contribution is -2.21. The largest absolute Gasteiger partial charge is 0.750 e. The fraction of sp³-hybridized carbons (Fsp3) is 0.667. The van der Waals surface area contributed by atoms with Crippen LogP contribution in [-0.2, 0) is 20.3 Å². The summed E-state index contributed by atoms with van der Waals surface area (Å²) in [6, 6.07) is 0. The molecule has 0 aromatic carbocycles. The number of ketones is 1. The van der Waals surface area contributed by atoms with Crippen molar-refractivity contribution in [1.29, 1.82) is 0 Å². The Morgan fingerprint density at radius 2 is 2.33 bits per heavy atom. The van der Waals surface area contributed by atoms with Crippen LogP contribution in [0.15, 0.2) is 0 Å². The highest BCUT2D eigenvalue weighted by molar-refractivity contribution is 7.74. The Labute approximate surface area is 54.1 Å². The van der Waals surface area contributed by atoms with Crippen molar-refractivity contribution in [1.82, 2.24) is 0 Å². The van der Waals surface area contributed by atoms with Crippen LogP contribution in [0.1, 0.15) is 6.92 Å². The van der Waals surface area contributed by atoms with E-state index in [1.807, 2.05) is 0 Å². The fourth-order valence-electron chi connectivity index (χ4n) is 0.142. The van der Waals surface area contributed by atoms with Crippen molar-refractivity contribution in [2.45, 2.75) is 13.2 Å². The van der Waals surface area contributed by atoms with E-state index in [0.717, 1.165) is 6.92 Å². The summed E-state index contributed by atoms with van der Waals surface area (Å²) in [5, 5.41) is 8.33. The van der Waals surface area contributed by atoms with Crippen LogP contribution in [0.25, 0.3) is 0 Å². The quantitative estimate of drug-likeness (QED) is 0.402. The molecule has 5 nitrogen and oxygen atoms in total. The Kier molecular flexibility index (Phi) is 3.55. The van der Waals surface area contributed by atoms with Gasteiger partial charge in [0.05, 0.1) is 11.4 Å². The molecule has 0 rings (SSSR count). The van der Waals surface area contributed by atoms with E-state index in [9.17, 15) is 13.6 Å². The number of hydrogen-bond donors (Lipinski definition) is 1. The predicted molar refractivity (Wildman–Crippen MR) is 26.7 cm³/mol. The van der Waals surface area contributed by atoms with E-state index in [1.54, 1.807) is 0 Å². The lowest BCUT2D eigenvalue weighted by Gasteiger charge is -2.08. The molecule has 0 amide bonds. The standard InChI is InChI=1S/C3H6O5S/c1-2(4)3(5)8-9(6)7/h3,5H,1H3,(H,6,7)/p-1. The third kappa shape index (κ3) is 4.22. The van der Waals surface area contributed by atoms with Crippen LogP contribution in [0.5, 0.6) is 0 Å². The number of rotatable bonds is 3. The van der Waals surface area contributed by atoms with Crippen LogP contribution < -0.4 is 0 Å². The van der Waals surface area contributed by atoms with Crippen molar-refractivity contribution in [2.24, 2.45) is 0 Å².